The lowest BCUT2D eigenvalue weighted by Gasteiger charge is -2.21. The van der Waals surface area contributed by atoms with Crippen LogP contribution in [0.4, 0.5) is 0 Å². The van der Waals surface area contributed by atoms with Crippen molar-refractivity contribution >= 4 is 17.6 Å². The number of ketones is 2. The van der Waals surface area contributed by atoms with Gasteiger partial charge in [-0.2, -0.15) is 0 Å². The summed E-state index contributed by atoms with van der Waals surface area (Å²) in [5.41, 5.74) is 0.572. The van der Waals surface area contributed by atoms with Gasteiger partial charge in [-0.05, 0) is 25.5 Å². The van der Waals surface area contributed by atoms with Crippen LogP contribution < -0.4 is 0 Å². The molecule has 0 fully saturated rings. The molecule has 0 atom stereocenters. The van der Waals surface area contributed by atoms with E-state index in [1.165, 1.54) is 0 Å². The van der Waals surface area contributed by atoms with Gasteiger partial charge in [0.2, 0.25) is 11.6 Å². The van der Waals surface area contributed by atoms with Gasteiger partial charge in [0, 0.05) is 17.6 Å². The maximum absolute atomic E-state index is 11.8. The number of hydrogen-bond acceptors (Lipinski definition) is 3. The highest BCUT2D eigenvalue weighted by molar-refractivity contribution is 6.51. The molecule has 0 saturated carbocycles. The molecule has 3 heteroatoms. The summed E-state index contributed by atoms with van der Waals surface area (Å²) in [5, 5.41) is 9.72. The fraction of sp³-hybridized carbons (Fsp3) is 0.286. The third-order valence-corrected chi connectivity index (χ3v) is 2.66. The first-order chi connectivity index (χ1) is 7.88. The van der Waals surface area contributed by atoms with Gasteiger partial charge in [0.1, 0.15) is 0 Å². The van der Waals surface area contributed by atoms with E-state index in [0.717, 1.165) is 5.56 Å². The van der Waals surface area contributed by atoms with Crippen molar-refractivity contribution in [3.8, 4) is 0 Å². The van der Waals surface area contributed by atoms with Gasteiger partial charge in [0.25, 0.3) is 0 Å². The number of benzene rings is 1. The molecule has 1 aromatic rings. The first kappa shape index (κ1) is 11.7. The van der Waals surface area contributed by atoms with Crippen LogP contribution in [0, 0.1) is 0 Å². The van der Waals surface area contributed by atoms with E-state index in [4.69, 9.17) is 0 Å². The van der Waals surface area contributed by atoms with E-state index >= 15 is 0 Å². The van der Waals surface area contributed by atoms with Gasteiger partial charge in [-0.15, -0.1) is 0 Å². The van der Waals surface area contributed by atoms with Crippen molar-refractivity contribution in [3.05, 3.63) is 41.0 Å². The minimum atomic E-state index is -0.992. The fourth-order valence-electron chi connectivity index (χ4n) is 1.95. The lowest BCUT2D eigenvalue weighted by atomic mass is 9.85. The van der Waals surface area contributed by atoms with Crippen molar-refractivity contribution in [1.82, 2.24) is 0 Å². The Kier molecular flexibility index (Phi) is 2.71. The maximum Gasteiger partial charge on any atom is 0.233 e. The van der Waals surface area contributed by atoms with Crippen LogP contribution in [0.15, 0.2) is 29.8 Å². The van der Waals surface area contributed by atoms with Crippen LogP contribution in [0.3, 0.4) is 0 Å². The Morgan fingerprint density at radius 2 is 1.76 bits per heavy atom. The number of carbonyl (C=O) groups excluding carboxylic acids is 2. The average Bonchev–Trinajstić information content (AvgIpc) is 2.24. The molecule has 88 valence electrons. The van der Waals surface area contributed by atoms with Gasteiger partial charge in [-0.1, -0.05) is 24.3 Å². The monoisotopic (exact) mass is 230 g/mol. The zero-order chi connectivity index (χ0) is 12.6. The largest absolute Gasteiger partial charge is 0.390 e. The van der Waals surface area contributed by atoms with E-state index in [2.05, 4.69) is 0 Å². The van der Waals surface area contributed by atoms with Crippen LogP contribution >= 0.6 is 0 Å². The highest BCUT2D eigenvalue weighted by atomic mass is 16.3. The first-order valence-corrected chi connectivity index (χ1v) is 5.49. The lowest BCUT2D eigenvalue weighted by Crippen LogP contribution is -2.27. The Morgan fingerprint density at radius 3 is 2.41 bits per heavy atom. The van der Waals surface area contributed by atoms with Gasteiger partial charge in [0.05, 0.1) is 5.60 Å². The molecular formula is C14H14O3. The molecule has 0 saturated heterocycles. The Labute approximate surface area is 99.8 Å². The summed E-state index contributed by atoms with van der Waals surface area (Å²) >= 11 is 0. The number of hydrogen-bond donors (Lipinski definition) is 1. The molecule has 0 amide bonds. The number of carbonyl (C=O) groups is 2. The van der Waals surface area contributed by atoms with Gasteiger partial charge >= 0.3 is 0 Å². The highest BCUT2D eigenvalue weighted by Crippen LogP contribution is 2.26. The van der Waals surface area contributed by atoms with E-state index in [-0.39, 0.29) is 6.42 Å². The molecule has 1 aliphatic rings. The van der Waals surface area contributed by atoms with Crippen molar-refractivity contribution in [1.29, 1.82) is 0 Å². The zero-order valence-corrected chi connectivity index (χ0v) is 9.86. The Balaban J connectivity index is 2.46. The predicted octanol–water partition coefficient (Wildman–Crippen LogP) is 2.00. The SMILES string of the molecule is CC(C)(O)CC1=Cc2ccccc2C(=O)C1=O. The van der Waals surface area contributed by atoms with Crippen LogP contribution in [0.25, 0.3) is 6.08 Å². The molecule has 0 heterocycles. The molecule has 0 spiro atoms. The van der Waals surface area contributed by atoms with Gasteiger partial charge in [0.15, 0.2) is 0 Å². The molecule has 1 N–H and O–H groups in total. The molecule has 0 aromatic heterocycles. The lowest BCUT2D eigenvalue weighted by molar-refractivity contribution is -0.112. The molecule has 3 nitrogen and oxygen atoms in total. The third kappa shape index (κ3) is 2.34. The molecular weight excluding hydrogens is 216 g/mol. The second kappa shape index (κ2) is 3.93. The molecule has 17 heavy (non-hydrogen) atoms. The van der Waals surface area contributed by atoms with Crippen LogP contribution in [0.2, 0.25) is 0 Å². The van der Waals surface area contributed by atoms with Gasteiger partial charge < -0.3 is 5.11 Å². The smallest absolute Gasteiger partial charge is 0.233 e. The standard InChI is InChI=1S/C14H14O3/c1-14(2,17)8-10-7-9-5-3-4-6-11(9)13(16)12(10)15/h3-7,17H,8H2,1-2H3. The first-order valence-electron chi connectivity index (χ1n) is 5.49. The Bertz CT molecular complexity index is 519. The van der Waals surface area contributed by atoms with Crippen molar-refractivity contribution in [2.24, 2.45) is 0 Å². The number of aliphatic hydroxyl groups is 1. The van der Waals surface area contributed by atoms with Crippen molar-refractivity contribution in [2.75, 3.05) is 0 Å². The summed E-state index contributed by atoms with van der Waals surface area (Å²) in [5.74, 6) is -0.992. The third-order valence-electron chi connectivity index (χ3n) is 2.66. The normalized spacial score (nSPS) is 15.6. The van der Waals surface area contributed by atoms with Crippen molar-refractivity contribution < 1.29 is 14.7 Å². The molecule has 0 bridgehead atoms. The van der Waals surface area contributed by atoms with Gasteiger partial charge in [-0.25, -0.2) is 0 Å². The second-order valence-electron chi connectivity index (χ2n) is 4.90. The number of Topliss-reactive ketones (excluding diaryl/α,β-unsaturated/α-hetero) is 2. The average molecular weight is 230 g/mol. The molecule has 2 rings (SSSR count). The van der Waals surface area contributed by atoms with Crippen molar-refractivity contribution in [3.63, 3.8) is 0 Å². The van der Waals surface area contributed by atoms with E-state index in [0.29, 0.717) is 11.1 Å². The number of rotatable bonds is 2. The van der Waals surface area contributed by atoms with Gasteiger partial charge in [-0.3, -0.25) is 9.59 Å². The Hall–Kier alpha value is -1.74. The van der Waals surface area contributed by atoms with Crippen LogP contribution in [-0.4, -0.2) is 22.3 Å². The molecule has 1 aromatic carbocycles. The number of fused-ring (bicyclic) bond motifs is 1. The van der Waals surface area contributed by atoms with E-state index in [1.54, 1.807) is 38.1 Å². The summed E-state index contributed by atoms with van der Waals surface area (Å²) in [6.45, 7) is 3.23. The predicted molar refractivity (Wildman–Crippen MR) is 64.7 cm³/mol. The van der Waals surface area contributed by atoms with Crippen LogP contribution in [-0.2, 0) is 4.79 Å². The quantitative estimate of drug-likeness (QED) is 0.790. The van der Waals surface area contributed by atoms with Crippen molar-refractivity contribution in [2.45, 2.75) is 25.9 Å². The summed E-state index contributed by atoms with van der Waals surface area (Å²) in [7, 11) is 0. The van der Waals surface area contributed by atoms with E-state index in [1.807, 2.05) is 6.07 Å². The second-order valence-corrected chi connectivity index (χ2v) is 4.90. The minimum absolute atomic E-state index is 0.186. The summed E-state index contributed by atoms with van der Waals surface area (Å²) < 4.78 is 0. The minimum Gasteiger partial charge on any atom is -0.390 e. The topological polar surface area (TPSA) is 54.4 Å². The zero-order valence-electron chi connectivity index (χ0n) is 9.86. The highest BCUT2D eigenvalue weighted by Gasteiger charge is 2.30. The van der Waals surface area contributed by atoms with Crippen LogP contribution in [0.1, 0.15) is 36.2 Å². The Morgan fingerprint density at radius 1 is 1.12 bits per heavy atom. The van der Waals surface area contributed by atoms with E-state index in [9.17, 15) is 14.7 Å². The molecule has 0 aliphatic heterocycles. The summed E-state index contributed by atoms with van der Waals surface area (Å²) in [6.07, 6.45) is 1.88. The summed E-state index contributed by atoms with van der Waals surface area (Å²) in [4.78, 5) is 23.7. The van der Waals surface area contributed by atoms with E-state index < -0.39 is 17.2 Å². The fourth-order valence-corrected chi connectivity index (χ4v) is 1.95. The molecule has 1 aliphatic carbocycles. The maximum atomic E-state index is 11.8. The summed E-state index contributed by atoms with van der Waals surface area (Å²) in [6, 6.07) is 7.00. The van der Waals surface area contributed by atoms with Crippen LogP contribution in [0.5, 0.6) is 0 Å². The molecule has 0 unspecified atom stereocenters. The molecule has 0 radical (unpaired) electrons.